The highest BCUT2D eigenvalue weighted by atomic mass is 16.3. The highest BCUT2D eigenvalue weighted by Gasteiger charge is 2.23. The maximum Gasteiger partial charge on any atom is 0.348 e. The number of hydrogen-bond donors (Lipinski definition) is 4. The second-order valence-electron chi connectivity index (χ2n) is 7.45. The molecule has 0 bridgehead atoms. The van der Waals surface area contributed by atoms with Crippen LogP contribution in [0.1, 0.15) is 22.5 Å². The molecule has 0 spiro atoms. The number of pyridine rings is 2. The Bertz CT molecular complexity index is 1600. The summed E-state index contributed by atoms with van der Waals surface area (Å²) in [5.74, 6) is -0.933. The first-order valence-corrected chi connectivity index (χ1v) is 10.00. The lowest BCUT2D eigenvalue weighted by Crippen LogP contribution is -2.33. The number of H-pyrrole nitrogens is 2. The van der Waals surface area contributed by atoms with Gasteiger partial charge < -0.3 is 10.2 Å². The average molecular weight is 454 g/mol. The number of nitrogens with zero attached hydrogens (tertiary/aromatic N) is 6. The number of aromatic hydroxyl groups is 2. The lowest BCUT2D eigenvalue weighted by atomic mass is 10.1. The number of fused-ring (bicyclic) bond motifs is 2. The molecule has 6 heterocycles. The van der Waals surface area contributed by atoms with Gasteiger partial charge in [0.2, 0.25) is 11.8 Å². The van der Waals surface area contributed by atoms with Crippen molar-refractivity contribution >= 4 is 47.1 Å². The average Bonchev–Trinajstić information content (AvgIpc) is 3.56. The van der Waals surface area contributed by atoms with Gasteiger partial charge in [-0.3, -0.25) is 29.9 Å². The van der Waals surface area contributed by atoms with E-state index in [4.69, 9.17) is 0 Å². The fraction of sp³-hybridized carbons (Fsp3) is 0. The van der Waals surface area contributed by atoms with Crippen LogP contribution in [0.4, 0.5) is 11.4 Å². The highest BCUT2D eigenvalue weighted by molar-refractivity contribution is 6.22. The minimum Gasteiger partial charge on any atom is -0.493 e. The summed E-state index contributed by atoms with van der Waals surface area (Å²) >= 11 is 0. The van der Waals surface area contributed by atoms with Gasteiger partial charge >= 0.3 is 11.4 Å². The molecule has 4 aromatic rings. The standard InChI is InChI=1S/C22H14N8O4/c31-19-17(5-11-7-25-15-1-3-23-9-13(11)15)29(21(33)27-19)30-18(20(32)28-22(30)34)6-12-8-26-16-2-4-24-10-14(12)16/h1-10,31-32H,(H,27,33)(H,28,34). The summed E-state index contributed by atoms with van der Waals surface area (Å²) in [4.78, 5) is 46.9. The minimum atomic E-state index is -0.798. The van der Waals surface area contributed by atoms with E-state index in [9.17, 15) is 19.8 Å². The third-order valence-electron chi connectivity index (χ3n) is 5.47. The summed E-state index contributed by atoms with van der Waals surface area (Å²) in [5.41, 5.74) is 2.25. The molecule has 0 radical (unpaired) electrons. The molecule has 0 atom stereocenters. The van der Waals surface area contributed by atoms with E-state index in [-0.39, 0.29) is 11.4 Å². The summed E-state index contributed by atoms with van der Waals surface area (Å²) in [6, 6.07) is 3.46. The van der Waals surface area contributed by atoms with Crippen LogP contribution >= 0.6 is 0 Å². The normalized spacial score (nSPS) is 16.0. The minimum absolute atomic E-state index is 0.0222. The lowest BCUT2D eigenvalue weighted by molar-refractivity contribution is 0.450. The van der Waals surface area contributed by atoms with Crippen LogP contribution in [0.2, 0.25) is 0 Å². The molecule has 0 saturated carbocycles. The number of nitrogens with one attached hydrogen (secondary N) is 2. The molecule has 0 aliphatic carbocycles. The van der Waals surface area contributed by atoms with E-state index in [1.54, 1.807) is 49.3 Å². The second kappa shape index (κ2) is 7.13. The smallest absolute Gasteiger partial charge is 0.348 e. The molecule has 4 N–H and O–H groups in total. The predicted octanol–water partition coefficient (Wildman–Crippen LogP) is 1.69. The van der Waals surface area contributed by atoms with Gasteiger partial charge in [-0.1, -0.05) is 0 Å². The Hall–Kier alpha value is -5.26. The summed E-state index contributed by atoms with van der Waals surface area (Å²) < 4.78 is 1.84. The SMILES string of the molecule is O=c1[nH]c(O)c(C=C2C=Nc3ccncc32)n1-n1c(C=C2C=Nc3ccncc32)c(O)[nH]c1=O. The molecule has 0 saturated heterocycles. The molecular formula is C22H14N8O4. The Kier molecular flexibility index (Phi) is 4.07. The van der Waals surface area contributed by atoms with Gasteiger partial charge in [0.05, 0.1) is 11.4 Å². The molecule has 0 fully saturated rings. The van der Waals surface area contributed by atoms with Gasteiger partial charge in [-0.25, -0.2) is 9.59 Å². The number of aromatic nitrogens is 6. The molecule has 0 amide bonds. The zero-order valence-corrected chi connectivity index (χ0v) is 17.2. The van der Waals surface area contributed by atoms with Crippen LogP contribution in [0.25, 0.3) is 23.3 Å². The largest absolute Gasteiger partial charge is 0.493 e. The molecule has 12 nitrogen and oxygen atoms in total. The van der Waals surface area contributed by atoms with Gasteiger partial charge in [-0.05, 0) is 24.3 Å². The molecule has 166 valence electrons. The summed E-state index contributed by atoms with van der Waals surface area (Å²) in [5, 5.41) is 20.9. The van der Waals surface area contributed by atoms with Gasteiger partial charge in [-0.2, -0.15) is 9.35 Å². The van der Waals surface area contributed by atoms with E-state index >= 15 is 0 Å². The Morgan fingerprint density at radius 2 is 1.18 bits per heavy atom. The van der Waals surface area contributed by atoms with Gasteiger partial charge in [0.15, 0.2) is 0 Å². The number of hydrogen-bond acceptors (Lipinski definition) is 8. The molecule has 0 aromatic carbocycles. The zero-order chi connectivity index (χ0) is 23.4. The Balaban J connectivity index is 1.55. The fourth-order valence-electron chi connectivity index (χ4n) is 3.90. The van der Waals surface area contributed by atoms with Gasteiger partial charge in [0, 0.05) is 59.5 Å². The summed E-state index contributed by atoms with van der Waals surface area (Å²) in [7, 11) is 0. The van der Waals surface area contributed by atoms with Crippen molar-refractivity contribution in [3.63, 3.8) is 0 Å². The Morgan fingerprint density at radius 1 is 0.735 bits per heavy atom. The van der Waals surface area contributed by atoms with E-state index in [2.05, 4.69) is 29.9 Å². The maximum atomic E-state index is 12.8. The quantitative estimate of drug-likeness (QED) is 0.367. The monoisotopic (exact) mass is 454 g/mol. The van der Waals surface area contributed by atoms with Crippen LogP contribution in [-0.2, 0) is 0 Å². The molecule has 2 aliphatic rings. The zero-order valence-electron chi connectivity index (χ0n) is 17.2. The van der Waals surface area contributed by atoms with Crippen LogP contribution in [0.3, 0.4) is 0 Å². The molecule has 12 heteroatoms. The first-order chi connectivity index (χ1) is 16.5. The Labute approximate surface area is 189 Å². The van der Waals surface area contributed by atoms with Crippen molar-refractivity contribution in [1.29, 1.82) is 0 Å². The van der Waals surface area contributed by atoms with Crippen LogP contribution in [0, 0.1) is 0 Å². The Morgan fingerprint density at radius 3 is 1.62 bits per heavy atom. The molecule has 2 aliphatic heterocycles. The number of allylic oxidation sites excluding steroid dienone is 2. The molecule has 4 aromatic heterocycles. The third kappa shape index (κ3) is 2.86. The van der Waals surface area contributed by atoms with E-state index in [1.165, 1.54) is 12.2 Å². The van der Waals surface area contributed by atoms with E-state index in [0.717, 1.165) is 9.35 Å². The van der Waals surface area contributed by atoms with Crippen molar-refractivity contribution in [3.8, 4) is 11.8 Å². The first-order valence-electron chi connectivity index (χ1n) is 10.00. The van der Waals surface area contributed by atoms with Crippen LogP contribution in [-0.4, -0.2) is 51.9 Å². The van der Waals surface area contributed by atoms with Gasteiger partial charge in [-0.15, -0.1) is 0 Å². The van der Waals surface area contributed by atoms with Crippen LogP contribution < -0.4 is 11.4 Å². The van der Waals surface area contributed by atoms with Gasteiger partial charge in [0.25, 0.3) is 0 Å². The number of imidazole rings is 2. The van der Waals surface area contributed by atoms with Crippen molar-refractivity contribution in [2.75, 3.05) is 0 Å². The van der Waals surface area contributed by atoms with Crippen molar-refractivity contribution in [2.45, 2.75) is 0 Å². The number of rotatable bonds is 3. The molecule has 0 unspecified atom stereocenters. The first kappa shape index (κ1) is 19.4. The van der Waals surface area contributed by atoms with Crippen molar-refractivity contribution in [2.24, 2.45) is 9.98 Å². The highest BCUT2D eigenvalue weighted by Crippen LogP contribution is 2.34. The maximum absolute atomic E-state index is 12.8. The fourth-order valence-corrected chi connectivity index (χ4v) is 3.90. The van der Waals surface area contributed by atoms with Crippen molar-refractivity contribution in [1.82, 2.24) is 29.3 Å². The third-order valence-corrected chi connectivity index (χ3v) is 5.47. The lowest BCUT2D eigenvalue weighted by Gasteiger charge is -2.08. The van der Waals surface area contributed by atoms with E-state index in [1.807, 2.05) is 0 Å². The van der Waals surface area contributed by atoms with Crippen molar-refractivity contribution in [3.05, 3.63) is 80.4 Å². The predicted molar refractivity (Wildman–Crippen MR) is 125 cm³/mol. The van der Waals surface area contributed by atoms with Gasteiger partial charge in [0.1, 0.15) is 11.4 Å². The van der Waals surface area contributed by atoms with Crippen molar-refractivity contribution < 1.29 is 10.2 Å². The molecular weight excluding hydrogens is 440 g/mol. The van der Waals surface area contributed by atoms with Crippen LogP contribution in [0.15, 0.2) is 56.5 Å². The molecule has 34 heavy (non-hydrogen) atoms. The van der Waals surface area contributed by atoms with Crippen LogP contribution in [0.5, 0.6) is 11.8 Å². The topological polar surface area (TPSA) is 167 Å². The number of aromatic amines is 2. The van der Waals surface area contributed by atoms with E-state index in [0.29, 0.717) is 33.6 Å². The summed E-state index contributed by atoms with van der Waals surface area (Å²) in [6.07, 6.45) is 12.5. The second-order valence-corrected chi connectivity index (χ2v) is 7.45. The van der Waals surface area contributed by atoms with E-state index < -0.39 is 23.1 Å². The summed E-state index contributed by atoms with van der Waals surface area (Å²) in [6.45, 7) is 0. The number of aliphatic imine (C=N–C) groups is 2. The molecule has 6 rings (SSSR count).